The molecule has 2 saturated heterocycles. The summed E-state index contributed by atoms with van der Waals surface area (Å²) in [4.78, 5) is 13.7. The molecule has 0 amide bonds. The normalized spacial score (nSPS) is 24.1. The van der Waals surface area contributed by atoms with Gasteiger partial charge in [0.05, 0.1) is 0 Å². The molecule has 2 aliphatic rings. The zero-order valence-corrected chi connectivity index (χ0v) is 11.5. The van der Waals surface area contributed by atoms with Crippen molar-refractivity contribution in [2.45, 2.75) is 32.2 Å². The van der Waals surface area contributed by atoms with Crippen molar-refractivity contribution in [3.63, 3.8) is 0 Å². The molecular formula is C13H22N6. The highest BCUT2D eigenvalue weighted by molar-refractivity contribution is 5.49. The van der Waals surface area contributed by atoms with Crippen molar-refractivity contribution >= 4 is 11.8 Å². The third-order valence-electron chi connectivity index (χ3n) is 4.21. The quantitative estimate of drug-likeness (QED) is 0.605. The van der Waals surface area contributed by atoms with Gasteiger partial charge in [0.2, 0.25) is 5.95 Å². The van der Waals surface area contributed by atoms with E-state index in [0.29, 0.717) is 12.0 Å². The first-order valence-electron chi connectivity index (χ1n) is 7.07. The molecular weight excluding hydrogens is 240 g/mol. The highest BCUT2D eigenvalue weighted by Gasteiger charge is 2.30. The molecule has 3 rings (SSSR count). The van der Waals surface area contributed by atoms with E-state index in [4.69, 9.17) is 5.84 Å². The summed E-state index contributed by atoms with van der Waals surface area (Å²) in [6, 6.07) is 0.686. The van der Waals surface area contributed by atoms with Gasteiger partial charge in [-0.2, -0.15) is 4.98 Å². The highest BCUT2D eigenvalue weighted by atomic mass is 15.3. The summed E-state index contributed by atoms with van der Waals surface area (Å²) in [6.07, 6.45) is 5.85. The molecule has 6 heteroatoms. The second-order valence-corrected chi connectivity index (χ2v) is 5.48. The first-order chi connectivity index (χ1) is 9.28. The summed E-state index contributed by atoms with van der Waals surface area (Å²) < 4.78 is 0. The highest BCUT2D eigenvalue weighted by Crippen LogP contribution is 2.25. The van der Waals surface area contributed by atoms with Crippen LogP contribution < -0.4 is 16.2 Å². The van der Waals surface area contributed by atoms with Crippen molar-refractivity contribution in [3.8, 4) is 0 Å². The predicted molar refractivity (Wildman–Crippen MR) is 76.0 cm³/mol. The third kappa shape index (κ3) is 2.50. The van der Waals surface area contributed by atoms with E-state index in [1.807, 2.05) is 6.20 Å². The molecule has 0 aromatic carbocycles. The number of nitrogens with zero attached hydrogens (tertiary/aromatic N) is 4. The number of aryl methyl sites for hydroxylation is 1. The molecule has 0 spiro atoms. The van der Waals surface area contributed by atoms with E-state index in [1.165, 1.54) is 25.8 Å². The van der Waals surface area contributed by atoms with E-state index < -0.39 is 0 Å². The van der Waals surface area contributed by atoms with Crippen LogP contribution in [0.25, 0.3) is 0 Å². The Labute approximate surface area is 114 Å². The molecule has 1 aromatic heterocycles. The molecule has 0 aliphatic carbocycles. The molecule has 1 atom stereocenters. The zero-order chi connectivity index (χ0) is 13.2. The molecule has 1 aromatic rings. The first-order valence-corrected chi connectivity index (χ1v) is 7.07. The molecule has 1 unspecified atom stereocenters. The van der Waals surface area contributed by atoms with Gasteiger partial charge in [-0.3, -0.25) is 10.3 Å². The average molecular weight is 262 g/mol. The molecule has 0 saturated carbocycles. The van der Waals surface area contributed by atoms with E-state index >= 15 is 0 Å². The Morgan fingerprint density at radius 2 is 2.21 bits per heavy atom. The molecule has 0 radical (unpaired) electrons. The van der Waals surface area contributed by atoms with Crippen molar-refractivity contribution in [3.05, 3.63) is 11.8 Å². The van der Waals surface area contributed by atoms with E-state index in [1.54, 1.807) is 0 Å². The van der Waals surface area contributed by atoms with Crippen molar-refractivity contribution < 1.29 is 0 Å². The Morgan fingerprint density at radius 1 is 1.32 bits per heavy atom. The van der Waals surface area contributed by atoms with Gasteiger partial charge in [-0.1, -0.05) is 6.42 Å². The van der Waals surface area contributed by atoms with Crippen LogP contribution in [0, 0.1) is 6.92 Å². The van der Waals surface area contributed by atoms with Gasteiger partial charge < -0.3 is 4.90 Å². The van der Waals surface area contributed by atoms with Gasteiger partial charge in [-0.05, 0) is 26.3 Å². The fourth-order valence-electron chi connectivity index (χ4n) is 3.17. The van der Waals surface area contributed by atoms with Crippen LogP contribution in [-0.4, -0.2) is 47.1 Å². The van der Waals surface area contributed by atoms with Gasteiger partial charge in [0, 0.05) is 37.4 Å². The van der Waals surface area contributed by atoms with E-state index in [0.717, 1.165) is 31.0 Å². The second kappa shape index (κ2) is 5.30. The van der Waals surface area contributed by atoms with E-state index in [-0.39, 0.29) is 0 Å². The zero-order valence-electron chi connectivity index (χ0n) is 11.5. The maximum absolute atomic E-state index is 5.40. The van der Waals surface area contributed by atoms with Crippen LogP contribution >= 0.6 is 0 Å². The van der Waals surface area contributed by atoms with Crippen molar-refractivity contribution in [2.75, 3.05) is 36.5 Å². The van der Waals surface area contributed by atoms with Gasteiger partial charge >= 0.3 is 0 Å². The number of anilines is 2. The van der Waals surface area contributed by atoms with Crippen LogP contribution in [0.2, 0.25) is 0 Å². The Balaban J connectivity index is 1.79. The van der Waals surface area contributed by atoms with Crippen LogP contribution in [0.15, 0.2) is 6.20 Å². The maximum atomic E-state index is 5.40. The summed E-state index contributed by atoms with van der Waals surface area (Å²) in [7, 11) is 0. The number of fused-ring (bicyclic) bond motifs is 1. The molecule has 3 N–H and O–H groups in total. The van der Waals surface area contributed by atoms with Gasteiger partial charge in [0.25, 0.3) is 0 Å². The summed E-state index contributed by atoms with van der Waals surface area (Å²) in [5, 5.41) is 0. The van der Waals surface area contributed by atoms with Gasteiger partial charge in [-0.15, -0.1) is 0 Å². The molecule has 2 aliphatic heterocycles. The van der Waals surface area contributed by atoms with Gasteiger partial charge in [0.1, 0.15) is 5.82 Å². The van der Waals surface area contributed by atoms with Crippen LogP contribution in [-0.2, 0) is 0 Å². The lowest BCUT2D eigenvalue weighted by atomic mass is 9.99. The number of hydrazine groups is 1. The fraction of sp³-hybridized carbons (Fsp3) is 0.692. The first kappa shape index (κ1) is 12.6. The Morgan fingerprint density at radius 3 is 3.05 bits per heavy atom. The van der Waals surface area contributed by atoms with E-state index in [2.05, 4.69) is 32.1 Å². The SMILES string of the molecule is Cc1cnc(NN)nc1N1CCN2CCCCC2C1. The fourth-order valence-corrected chi connectivity index (χ4v) is 3.17. The number of nitrogens with one attached hydrogen (secondary N) is 1. The molecule has 104 valence electrons. The van der Waals surface area contributed by atoms with Gasteiger partial charge in [-0.25, -0.2) is 10.8 Å². The monoisotopic (exact) mass is 262 g/mol. The number of hydrogen-bond donors (Lipinski definition) is 2. The summed E-state index contributed by atoms with van der Waals surface area (Å²) in [5.74, 6) is 6.92. The predicted octanol–water partition coefficient (Wildman–Crippen LogP) is 0.745. The largest absolute Gasteiger partial charge is 0.353 e. The van der Waals surface area contributed by atoms with E-state index in [9.17, 15) is 0 Å². The smallest absolute Gasteiger partial charge is 0.239 e. The minimum atomic E-state index is 0.492. The number of nitrogens with two attached hydrogens (primary N) is 1. The van der Waals surface area contributed by atoms with Crippen molar-refractivity contribution in [1.82, 2.24) is 14.9 Å². The number of piperazine rings is 1. The molecule has 0 bridgehead atoms. The maximum Gasteiger partial charge on any atom is 0.239 e. The summed E-state index contributed by atoms with van der Waals surface area (Å²) >= 11 is 0. The topological polar surface area (TPSA) is 70.3 Å². The lowest BCUT2D eigenvalue weighted by Gasteiger charge is -2.44. The second-order valence-electron chi connectivity index (χ2n) is 5.48. The van der Waals surface area contributed by atoms with Crippen molar-refractivity contribution in [2.24, 2.45) is 5.84 Å². The average Bonchev–Trinajstić information content (AvgIpc) is 2.47. The number of aromatic nitrogens is 2. The number of piperidine rings is 1. The van der Waals surface area contributed by atoms with Crippen molar-refractivity contribution in [1.29, 1.82) is 0 Å². The third-order valence-corrected chi connectivity index (χ3v) is 4.21. The number of rotatable bonds is 2. The lowest BCUT2D eigenvalue weighted by Crippen LogP contribution is -2.55. The lowest BCUT2D eigenvalue weighted by molar-refractivity contribution is 0.133. The van der Waals surface area contributed by atoms with Crippen LogP contribution in [0.4, 0.5) is 11.8 Å². The number of nitrogen functional groups attached to an aromatic ring is 1. The van der Waals surface area contributed by atoms with Gasteiger partial charge in [0.15, 0.2) is 0 Å². The number of hydrogen-bond acceptors (Lipinski definition) is 6. The Hall–Kier alpha value is -1.40. The molecule has 19 heavy (non-hydrogen) atoms. The Kier molecular flexibility index (Phi) is 3.52. The molecule has 6 nitrogen and oxygen atoms in total. The Bertz CT molecular complexity index is 449. The van der Waals surface area contributed by atoms with Crippen LogP contribution in [0.5, 0.6) is 0 Å². The standard InChI is InChI=1S/C13H22N6/c1-10-8-15-13(17-14)16-12(10)19-7-6-18-5-3-2-4-11(18)9-19/h8,11H,2-7,9,14H2,1H3,(H,15,16,17). The van der Waals surface area contributed by atoms with Crippen LogP contribution in [0.3, 0.4) is 0 Å². The minimum Gasteiger partial charge on any atom is -0.353 e. The minimum absolute atomic E-state index is 0.492. The summed E-state index contributed by atoms with van der Waals surface area (Å²) in [5.41, 5.74) is 3.64. The summed E-state index contributed by atoms with van der Waals surface area (Å²) in [6.45, 7) is 6.57. The molecule has 2 fully saturated rings. The van der Waals surface area contributed by atoms with Crippen LogP contribution in [0.1, 0.15) is 24.8 Å². The molecule has 3 heterocycles.